The largest absolute Gasteiger partial charge is 0.744 e. The lowest BCUT2D eigenvalue weighted by molar-refractivity contribution is -0.384. The molecule has 35 heavy (non-hydrogen) atoms. The molecule has 0 unspecified atom stereocenters. The Kier molecular flexibility index (Phi) is 8.66. The molecule has 0 saturated heterocycles. The van der Waals surface area contributed by atoms with Gasteiger partial charge in [-0.05, 0) is 48.0 Å². The summed E-state index contributed by atoms with van der Waals surface area (Å²) in [5, 5.41) is 13.0. The Morgan fingerprint density at radius 3 is 1.54 bits per heavy atom. The van der Waals surface area contributed by atoms with Crippen LogP contribution in [0, 0.1) is 10.1 Å². The predicted octanol–water partition coefficient (Wildman–Crippen LogP) is 5.45. The second-order valence-corrected chi connectivity index (χ2v) is 12.5. The first-order valence-corrected chi connectivity index (χ1v) is 14.3. The third-order valence-electron chi connectivity index (χ3n) is 5.29. The van der Waals surface area contributed by atoms with E-state index < -0.39 is 27.2 Å². The number of non-ortho nitro benzene ring substituents is 1. The number of rotatable bonds is 6. The van der Waals surface area contributed by atoms with Crippen LogP contribution in [0.1, 0.15) is 5.56 Å². The van der Waals surface area contributed by atoms with E-state index in [1.54, 1.807) is 0 Å². The van der Waals surface area contributed by atoms with Crippen LogP contribution in [-0.2, 0) is 10.1 Å². The van der Waals surface area contributed by atoms with E-state index in [1.165, 1.54) is 16.2 Å². The summed E-state index contributed by atoms with van der Waals surface area (Å²) < 4.78 is 31.2. The second-order valence-electron chi connectivity index (χ2n) is 7.68. The molecule has 0 radical (unpaired) electrons. The SMILES string of the molecule is C[P+](/C=C/c1ccccc1)(c1ccccc1)c1ccccc1.O=[N+]([O-])c1ccc(S(=O)(=O)[O-])cc1. The van der Waals surface area contributed by atoms with Gasteiger partial charge in [-0.15, -0.1) is 0 Å². The van der Waals surface area contributed by atoms with Gasteiger partial charge in [0.1, 0.15) is 28.0 Å². The molecule has 6 nitrogen and oxygen atoms in total. The number of nitro groups is 1. The maximum atomic E-state index is 10.4. The summed E-state index contributed by atoms with van der Waals surface area (Å²) in [7, 11) is -6.04. The van der Waals surface area contributed by atoms with Crippen LogP contribution in [-0.4, -0.2) is 24.6 Å². The van der Waals surface area contributed by atoms with Gasteiger partial charge in [-0.3, -0.25) is 10.1 Å². The Labute approximate surface area is 205 Å². The monoisotopic (exact) mass is 505 g/mol. The summed E-state index contributed by atoms with van der Waals surface area (Å²) in [6, 6.07) is 35.9. The van der Waals surface area contributed by atoms with E-state index in [-0.39, 0.29) is 5.69 Å². The number of nitrogens with zero attached hydrogens (tertiary/aromatic N) is 1. The normalized spacial score (nSPS) is 11.5. The fourth-order valence-electron chi connectivity index (χ4n) is 3.33. The molecule has 0 heterocycles. The average Bonchev–Trinajstić information content (AvgIpc) is 2.89. The van der Waals surface area contributed by atoms with Crippen molar-refractivity contribution in [3.8, 4) is 0 Å². The molecular formula is C27H24NO5PS. The van der Waals surface area contributed by atoms with Crippen molar-refractivity contribution in [2.45, 2.75) is 4.90 Å². The molecule has 0 N–H and O–H groups in total. The molecule has 0 atom stereocenters. The van der Waals surface area contributed by atoms with Gasteiger partial charge in [-0.1, -0.05) is 66.7 Å². The highest BCUT2D eigenvalue weighted by Gasteiger charge is 2.34. The smallest absolute Gasteiger partial charge is 0.269 e. The first-order chi connectivity index (χ1) is 16.7. The molecule has 178 valence electrons. The van der Waals surface area contributed by atoms with Gasteiger partial charge >= 0.3 is 0 Å². The van der Waals surface area contributed by atoms with Crippen LogP contribution in [0.5, 0.6) is 0 Å². The van der Waals surface area contributed by atoms with Gasteiger partial charge in [-0.25, -0.2) is 8.42 Å². The first kappa shape index (κ1) is 26.0. The highest BCUT2D eigenvalue weighted by molar-refractivity contribution is 7.91. The standard InChI is InChI=1S/C21H20P.C6H5NO5S/c1-22(20-13-7-3-8-14-20,21-15-9-4-10-16-21)18-17-19-11-5-2-6-12-19;8-7(9)5-1-3-6(4-2-5)13(10,11)12/h2-18H,1H3;1-4H,(H,10,11,12)/q+1;/p-1/b18-17+;. The third kappa shape index (κ3) is 7.17. The zero-order chi connectivity index (χ0) is 25.3. The Balaban J connectivity index is 0.000000225. The molecule has 0 aliphatic rings. The highest BCUT2D eigenvalue weighted by atomic mass is 32.2. The fraction of sp³-hybridized carbons (Fsp3) is 0.0370. The molecule has 8 heteroatoms. The van der Waals surface area contributed by atoms with Crippen molar-refractivity contribution < 1.29 is 17.9 Å². The van der Waals surface area contributed by atoms with Crippen molar-refractivity contribution in [3.63, 3.8) is 0 Å². The van der Waals surface area contributed by atoms with Crippen molar-refractivity contribution >= 4 is 39.8 Å². The Hall–Kier alpha value is -3.64. The molecule has 0 saturated carbocycles. The molecule has 4 rings (SSSR count). The van der Waals surface area contributed by atoms with Crippen LogP contribution in [0.2, 0.25) is 0 Å². The summed E-state index contributed by atoms with van der Waals surface area (Å²) in [4.78, 5) is 8.99. The Morgan fingerprint density at radius 1 is 0.714 bits per heavy atom. The molecule has 0 spiro atoms. The summed E-state index contributed by atoms with van der Waals surface area (Å²) in [5.74, 6) is 2.41. The molecule has 0 aliphatic carbocycles. The van der Waals surface area contributed by atoms with Crippen LogP contribution in [0.25, 0.3) is 6.08 Å². The minimum Gasteiger partial charge on any atom is -0.744 e. The van der Waals surface area contributed by atoms with Crippen molar-refractivity contribution in [1.82, 2.24) is 0 Å². The van der Waals surface area contributed by atoms with Gasteiger partial charge in [0.05, 0.1) is 22.3 Å². The van der Waals surface area contributed by atoms with Crippen molar-refractivity contribution in [1.29, 1.82) is 0 Å². The summed E-state index contributed by atoms with van der Waals surface area (Å²) in [6.07, 6.45) is 2.26. The lowest BCUT2D eigenvalue weighted by atomic mass is 10.2. The van der Waals surface area contributed by atoms with Gasteiger partial charge < -0.3 is 4.55 Å². The van der Waals surface area contributed by atoms with E-state index >= 15 is 0 Å². The van der Waals surface area contributed by atoms with E-state index in [0.29, 0.717) is 0 Å². The second kappa shape index (κ2) is 11.7. The number of hydrogen-bond donors (Lipinski definition) is 0. The zero-order valence-corrected chi connectivity index (χ0v) is 20.7. The Morgan fingerprint density at radius 2 is 1.14 bits per heavy atom. The van der Waals surface area contributed by atoms with Crippen LogP contribution in [0.3, 0.4) is 0 Å². The van der Waals surface area contributed by atoms with Crippen molar-refractivity contribution in [2.75, 3.05) is 6.66 Å². The number of hydrogen-bond acceptors (Lipinski definition) is 5. The van der Waals surface area contributed by atoms with E-state index in [4.69, 9.17) is 0 Å². The van der Waals surface area contributed by atoms with Gasteiger partial charge in [0, 0.05) is 12.1 Å². The molecule has 0 aliphatic heterocycles. The number of nitro benzene ring substituents is 1. The fourth-order valence-corrected chi connectivity index (χ4v) is 6.50. The first-order valence-electron chi connectivity index (χ1n) is 10.6. The van der Waals surface area contributed by atoms with E-state index in [0.717, 1.165) is 24.3 Å². The van der Waals surface area contributed by atoms with E-state index in [2.05, 4.69) is 110 Å². The maximum absolute atomic E-state index is 10.4. The van der Waals surface area contributed by atoms with E-state index in [9.17, 15) is 23.1 Å². The van der Waals surface area contributed by atoms with Crippen molar-refractivity contribution in [2.24, 2.45) is 0 Å². The van der Waals surface area contributed by atoms with Crippen LogP contribution >= 0.6 is 7.26 Å². The molecule has 0 fully saturated rings. The maximum Gasteiger partial charge on any atom is 0.269 e. The summed E-state index contributed by atoms with van der Waals surface area (Å²) in [5.41, 5.74) is 0.994. The minimum absolute atomic E-state index is 0.257. The van der Waals surface area contributed by atoms with Crippen molar-refractivity contribution in [3.05, 3.63) is 137 Å². The predicted molar refractivity (Wildman–Crippen MR) is 142 cm³/mol. The summed E-state index contributed by atoms with van der Waals surface area (Å²) >= 11 is 0. The molecule has 4 aromatic rings. The lowest BCUT2D eigenvalue weighted by Gasteiger charge is -2.19. The van der Waals surface area contributed by atoms with Crippen LogP contribution in [0.15, 0.2) is 126 Å². The van der Waals surface area contributed by atoms with Gasteiger partial charge in [-0.2, -0.15) is 0 Å². The van der Waals surface area contributed by atoms with E-state index in [1.807, 2.05) is 0 Å². The topological polar surface area (TPSA) is 100 Å². The molecule has 4 aromatic carbocycles. The van der Waals surface area contributed by atoms with Gasteiger partial charge in [0.15, 0.2) is 0 Å². The zero-order valence-electron chi connectivity index (χ0n) is 19.0. The quantitative estimate of drug-likeness (QED) is 0.150. The van der Waals surface area contributed by atoms with Gasteiger partial charge in [0.25, 0.3) is 5.69 Å². The van der Waals surface area contributed by atoms with Gasteiger partial charge in [0.2, 0.25) is 0 Å². The van der Waals surface area contributed by atoms with Crippen LogP contribution in [0.4, 0.5) is 5.69 Å². The average molecular weight is 506 g/mol. The highest BCUT2D eigenvalue weighted by Crippen LogP contribution is 2.54. The lowest BCUT2D eigenvalue weighted by Crippen LogP contribution is -2.19. The molecule has 0 aromatic heterocycles. The third-order valence-corrected chi connectivity index (χ3v) is 9.62. The number of benzene rings is 4. The van der Waals surface area contributed by atoms with Crippen LogP contribution < -0.4 is 10.6 Å². The molecule has 0 amide bonds. The summed E-state index contributed by atoms with van der Waals surface area (Å²) in [6.45, 7) is 2.39. The Bertz CT molecular complexity index is 1340. The minimum atomic E-state index is -4.52. The molecule has 0 bridgehead atoms. The molecular weight excluding hydrogens is 481 g/mol.